The highest BCUT2D eigenvalue weighted by Gasteiger charge is 2.19. The molecule has 0 aliphatic heterocycles. The maximum Gasteiger partial charge on any atom is 0.302 e. The molecule has 0 saturated carbocycles. The Kier molecular flexibility index (Phi) is 4.18. The van der Waals surface area contributed by atoms with Gasteiger partial charge in [-0.15, -0.1) is 0 Å². The second kappa shape index (κ2) is 5.18. The summed E-state index contributed by atoms with van der Waals surface area (Å²) in [5, 5.41) is 0. The van der Waals surface area contributed by atoms with Crippen LogP contribution in [0.2, 0.25) is 0 Å². The molecule has 0 bridgehead atoms. The number of carbonyl (C=O) groups is 1. The Morgan fingerprint density at radius 1 is 1.71 bits per heavy atom. The van der Waals surface area contributed by atoms with Crippen LogP contribution in [0.1, 0.15) is 40.0 Å². The van der Waals surface area contributed by atoms with E-state index in [0.717, 1.165) is 6.42 Å². The van der Waals surface area contributed by atoms with E-state index >= 15 is 0 Å². The summed E-state index contributed by atoms with van der Waals surface area (Å²) in [5.74, 6) is 1.01. The molecule has 14 heavy (non-hydrogen) atoms. The standard InChI is InChI=1S/C12H20O2/c1-9-4-6-12(7-5-9)10(2)8-14-11(3)13/h4,10,12H,5-8H2,1-3H3/t10-,12-/m1/s1. The summed E-state index contributed by atoms with van der Waals surface area (Å²) in [5.41, 5.74) is 1.50. The van der Waals surface area contributed by atoms with Gasteiger partial charge in [-0.25, -0.2) is 0 Å². The van der Waals surface area contributed by atoms with Gasteiger partial charge in [0.25, 0.3) is 0 Å². The number of carbonyl (C=O) groups excluding carboxylic acids is 1. The third-order valence-electron chi connectivity index (χ3n) is 3.03. The molecule has 0 aromatic carbocycles. The van der Waals surface area contributed by atoms with Gasteiger partial charge in [-0.1, -0.05) is 18.6 Å². The molecular formula is C12H20O2. The summed E-state index contributed by atoms with van der Waals surface area (Å²) in [7, 11) is 0. The Hall–Kier alpha value is -0.790. The van der Waals surface area contributed by atoms with Crippen LogP contribution in [0, 0.1) is 11.8 Å². The van der Waals surface area contributed by atoms with Crippen molar-refractivity contribution in [3.05, 3.63) is 11.6 Å². The molecule has 0 radical (unpaired) electrons. The lowest BCUT2D eigenvalue weighted by Crippen LogP contribution is -2.20. The average molecular weight is 196 g/mol. The van der Waals surface area contributed by atoms with E-state index < -0.39 is 0 Å². The molecule has 0 saturated heterocycles. The maximum absolute atomic E-state index is 10.6. The normalized spacial score (nSPS) is 23.9. The summed E-state index contributed by atoms with van der Waals surface area (Å²) >= 11 is 0. The highest BCUT2D eigenvalue weighted by atomic mass is 16.5. The molecule has 0 N–H and O–H groups in total. The zero-order chi connectivity index (χ0) is 10.6. The van der Waals surface area contributed by atoms with Gasteiger partial charge in [-0.3, -0.25) is 4.79 Å². The van der Waals surface area contributed by atoms with Crippen molar-refractivity contribution in [2.45, 2.75) is 40.0 Å². The first-order chi connectivity index (χ1) is 6.59. The van der Waals surface area contributed by atoms with Crippen molar-refractivity contribution in [2.75, 3.05) is 6.61 Å². The maximum atomic E-state index is 10.6. The van der Waals surface area contributed by atoms with Crippen LogP contribution in [0.4, 0.5) is 0 Å². The minimum atomic E-state index is -0.167. The van der Waals surface area contributed by atoms with Crippen LogP contribution >= 0.6 is 0 Å². The zero-order valence-electron chi connectivity index (χ0n) is 9.38. The minimum Gasteiger partial charge on any atom is -0.466 e. The number of esters is 1. The summed E-state index contributed by atoms with van der Waals surface area (Å²) in [6.45, 7) is 6.40. The number of rotatable bonds is 3. The van der Waals surface area contributed by atoms with E-state index in [4.69, 9.17) is 4.74 Å². The van der Waals surface area contributed by atoms with Crippen LogP contribution in [-0.2, 0) is 9.53 Å². The Labute approximate surface area is 86.3 Å². The van der Waals surface area contributed by atoms with Gasteiger partial charge in [0, 0.05) is 6.92 Å². The molecule has 80 valence electrons. The second-order valence-electron chi connectivity index (χ2n) is 4.36. The molecule has 1 aliphatic rings. The summed E-state index contributed by atoms with van der Waals surface area (Å²) in [4.78, 5) is 10.6. The van der Waals surface area contributed by atoms with Gasteiger partial charge < -0.3 is 4.74 Å². The number of ether oxygens (including phenoxy) is 1. The Balaban J connectivity index is 2.31. The number of allylic oxidation sites excluding steroid dienone is 2. The van der Waals surface area contributed by atoms with Gasteiger partial charge in [-0.2, -0.15) is 0 Å². The van der Waals surface area contributed by atoms with Crippen molar-refractivity contribution in [1.82, 2.24) is 0 Å². The van der Waals surface area contributed by atoms with Gasteiger partial charge in [0.1, 0.15) is 0 Å². The van der Waals surface area contributed by atoms with E-state index in [-0.39, 0.29) is 5.97 Å². The van der Waals surface area contributed by atoms with Crippen molar-refractivity contribution in [3.63, 3.8) is 0 Å². The van der Waals surface area contributed by atoms with Crippen LogP contribution in [0.5, 0.6) is 0 Å². The van der Waals surface area contributed by atoms with Gasteiger partial charge in [0.2, 0.25) is 0 Å². The molecule has 2 nitrogen and oxygen atoms in total. The van der Waals surface area contributed by atoms with Crippen molar-refractivity contribution >= 4 is 5.97 Å². The molecule has 1 rings (SSSR count). The van der Waals surface area contributed by atoms with Crippen molar-refractivity contribution in [2.24, 2.45) is 11.8 Å². The van der Waals surface area contributed by atoms with Crippen molar-refractivity contribution in [1.29, 1.82) is 0 Å². The first kappa shape index (κ1) is 11.3. The molecule has 0 spiro atoms. The largest absolute Gasteiger partial charge is 0.466 e. The molecule has 0 unspecified atom stereocenters. The molecule has 0 heterocycles. The number of hydrogen-bond acceptors (Lipinski definition) is 2. The first-order valence-electron chi connectivity index (χ1n) is 5.38. The smallest absolute Gasteiger partial charge is 0.302 e. The van der Waals surface area contributed by atoms with E-state index in [0.29, 0.717) is 18.4 Å². The SMILES string of the molecule is CC(=O)OC[C@@H](C)[C@@H]1CC=C(C)CC1. The highest BCUT2D eigenvalue weighted by Crippen LogP contribution is 2.29. The van der Waals surface area contributed by atoms with Gasteiger partial charge >= 0.3 is 5.97 Å². The van der Waals surface area contributed by atoms with Gasteiger partial charge in [0.05, 0.1) is 6.61 Å². The van der Waals surface area contributed by atoms with Crippen molar-refractivity contribution in [3.8, 4) is 0 Å². The van der Waals surface area contributed by atoms with Crippen LogP contribution in [0.15, 0.2) is 11.6 Å². The highest BCUT2D eigenvalue weighted by molar-refractivity contribution is 5.65. The fourth-order valence-corrected chi connectivity index (χ4v) is 1.89. The molecule has 2 atom stereocenters. The molecule has 0 fully saturated rings. The Morgan fingerprint density at radius 2 is 2.43 bits per heavy atom. The lowest BCUT2D eigenvalue weighted by Gasteiger charge is -2.26. The van der Waals surface area contributed by atoms with E-state index in [1.165, 1.54) is 25.3 Å². The minimum absolute atomic E-state index is 0.167. The summed E-state index contributed by atoms with van der Waals surface area (Å²) in [6.07, 6.45) is 5.91. The van der Waals surface area contributed by atoms with E-state index in [1.54, 1.807) is 0 Å². The zero-order valence-corrected chi connectivity index (χ0v) is 9.38. The predicted octanol–water partition coefficient (Wildman–Crippen LogP) is 2.93. The van der Waals surface area contributed by atoms with E-state index in [2.05, 4.69) is 19.9 Å². The third-order valence-corrected chi connectivity index (χ3v) is 3.03. The van der Waals surface area contributed by atoms with E-state index in [1.807, 2.05) is 0 Å². The van der Waals surface area contributed by atoms with Crippen LogP contribution in [0.3, 0.4) is 0 Å². The Morgan fingerprint density at radius 3 is 2.93 bits per heavy atom. The molecule has 0 aromatic heterocycles. The first-order valence-corrected chi connectivity index (χ1v) is 5.38. The topological polar surface area (TPSA) is 26.3 Å². The van der Waals surface area contributed by atoms with Crippen LogP contribution < -0.4 is 0 Å². The predicted molar refractivity (Wildman–Crippen MR) is 56.9 cm³/mol. The molecule has 0 aromatic rings. The number of hydrogen-bond donors (Lipinski definition) is 0. The molecule has 0 amide bonds. The molecule has 2 heteroatoms. The molecular weight excluding hydrogens is 176 g/mol. The second-order valence-corrected chi connectivity index (χ2v) is 4.36. The monoisotopic (exact) mass is 196 g/mol. The lowest BCUT2D eigenvalue weighted by atomic mass is 9.82. The average Bonchev–Trinajstić information content (AvgIpc) is 2.15. The van der Waals surface area contributed by atoms with Gasteiger partial charge in [0.15, 0.2) is 0 Å². The fourth-order valence-electron chi connectivity index (χ4n) is 1.89. The van der Waals surface area contributed by atoms with E-state index in [9.17, 15) is 4.79 Å². The fraction of sp³-hybridized carbons (Fsp3) is 0.750. The molecule has 1 aliphatic carbocycles. The Bertz CT molecular complexity index is 230. The summed E-state index contributed by atoms with van der Waals surface area (Å²) in [6, 6.07) is 0. The lowest BCUT2D eigenvalue weighted by molar-refractivity contribution is -0.142. The summed E-state index contributed by atoms with van der Waals surface area (Å²) < 4.78 is 5.02. The quantitative estimate of drug-likeness (QED) is 0.512. The van der Waals surface area contributed by atoms with Gasteiger partial charge in [-0.05, 0) is 38.0 Å². The van der Waals surface area contributed by atoms with Crippen LogP contribution in [-0.4, -0.2) is 12.6 Å². The third kappa shape index (κ3) is 3.52. The van der Waals surface area contributed by atoms with Crippen molar-refractivity contribution < 1.29 is 9.53 Å². The van der Waals surface area contributed by atoms with Crippen LogP contribution in [0.25, 0.3) is 0 Å².